The maximum absolute atomic E-state index is 11.3. The van der Waals surface area contributed by atoms with Crippen molar-refractivity contribution in [1.82, 2.24) is 5.32 Å². The summed E-state index contributed by atoms with van der Waals surface area (Å²) in [5.74, 6) is -0.0611. The van der Waals surface area contributed by atoms with Crippen LogP contribution in [-0.4, -0.2) is 29.9 Å². The molecule has 130 valence electrons. The molecule has 0 fully saturated rings. The number of unbranched alkanes of at least 4 members (excludes halogenated alkanes) is 1. The number of nitrogens with one attached hydrogen (secondary N) is 1. The van der Waals surface area contributed by atoms with Crippen LogP contribution in [0.2, 0.25) is 0 Å². The van der Waals surface area contributed by atoms with Crippen molar-refractivity contribution in [3.8, 4) is 0 Å². The first kappa shape index (κ1) is 19.1. The summed E-state index contributed by atoms with van der Waals surface area (Å²) >= 11 is 3.45. The molecule has 24 heavy (non-hydrogen) atoms. The van der Waals surface area contributed by atoms with Crippen LogP contribution < -0.4 is 5.32 Å². The first-order chi connectivity index (χ1) is 11.6. The van der Waals surface area contributed by atoms with Crippen molar-refractivity contribution < 1.29 is 10.2 Å². The van der Waals surface area contributed by atoms with Gasteiger partial charge in [0.2, 0.25) is 0 Å². The lowest BCUT2D eigenvalue weighted by molar-refractivity contribution is 0.0263. The SMILES string of the molecule is C[C@@](O)(c1ccc(Br)cc1)[C@H](CNCCCCO)c1ccccc1. The highest BCUT2D eigenvalue weighted by atomic mass is 79.9. The van der Waals surface area contributed by atoms with Crippen molar-refractivity contribution >= 4 is 15.9 Å². The summed E-state index contributed by atoms with van der Waals surface area (Å²) in [5, 5.41) is 23.6. The highest BCUT2D eigenvalue weighted by Gasteiger charge is 2.34. The molecule has 0 amide bonds. The van der Waals surface area contributed by atoms with E-state index in [4.69, 9.17) is 5.11 Å². The molecule has 0 bridgehead atoms. The van der Waals surface area contributed by atoms with Crippen LogP contribution in [0.1, 0.15) is 36.8 Å². The summed E-state index contributed by atoms with van der Waals surface area (Å²) in [6, 6.07) is 18.0. The number of hydrogen-bond acceptors (Lipinski definition) is 3. The smallest absolute Gasteiger partial charge is 0.0948 e. The predicted octanol–water partition coefficient (Wildman–Crippen LogP) is 3.80. The van der Waals surface area contributed by atoms with Gasteiger partial charge in [0.1, 0.15) is 0 Å². The van der Waals surface area contributed by atoms with Gasteiger partial charge in [-0.3, -0.25) is 0 Å². The molecule has 2 aromatic carbocycles. The van der Waals surface area contributed by atoms with Gasteiger partial charge >= 0.3 is 0 Å². The summed E-state index contributed by atoms with van der Waals surface area (Å²) in [6.07, 6.45) is 1.73. The Hall–Kier alpha value is -1.20. The lowest BCUT2D eigenvalue weighted by Gasteiger charge is -2.34. The second-order valence-electron chi connectivity index (χ2n) is 6.25. The predicted molar refractivity (Wildman–Crippen MR) is 102 cm³/mol. The second-order valence-corrected chi connectivity index (χ2v) is 7.17. The average Bonchev–Trinajstić information content (AvgIpc) is 2.59. The van der Waals surface area contributed by atoms with Crippen LogP contribution in [0, 0.1) is 0 Å². The van der Waals surface area contributed by atoms with Crippen LogP contribution in [0.5, 0.6) is 0 Å². The number of benzene rings is 2. The molecule has 0 aromatic heterocycles. The van der Waals surface area contributed by atoms with E-state index in [1.54, 1.807) is 0 Å². The van der Waals surface area contributed by atoms with E-state index in [9.17, 15) is 5.11 Å². The van der Waals surface area contributed by atoms with E-state index >= 15 is 0 Å². The van der Waals surface area contributed by atoms with E-state index in [0.717, 1.165) is 35.0 Å². The lowest BCUT2D eigenvalue weighted by atomic mass is 9.78. The molecule has 0 aliphatic carbocycles. The Morgan fingerprint density at radius 3 is 2.33 bits per heavy atom. The number of halogens is 1. The Kier molecular flexibility index (Phi) is 7.43. The van der Waals surface area contributed by atoms with Crippen molar-refractivity contribution in [3.05, 3.63) is 70.2 Å². The third-order valence-electron chi connectivity index (χ3n) is 4.42. The molecule has 2 aromatic rings. The van der Waals surface area contributed by atoms with Crippen LogP contribution in [-0.2, 0) is 5.60 Å². The van der Waals surface area contributed by atoms with E-state index in [1.165, 1.54) is 0 Å². The standard InChI is InChI=1S/C20H26BrNO2/c1-20(24,17-9-11-18(21)12-10-17)19(15-22-13-5-6-14-23)16-7-3-2-4-8-16/h2-4,7-12,19,22-24H,5-6,13-15H2,1H3/t19-,20-/m1/s1. The maximum Gasteiger partial charge on any atom is 0.0948 e. The normalized spacial score (nSPS) is 15.0. The second kappa shape index (κ2) is 9.33. The first-order valence-corrected chi connectivity index (χ1v) is 9.20. The fourth-order valence-corrected chi connectivity index (χ4v) is 3.19. The molecule has 3 nitrogen and oxygen atoms in total. The quantitative estimate of drug-likeness (QED) is 0.569. The van der Waals surface area contributed by atoms with Gasteiger partial charge in [-0.2, -0.15) is 0 Å². The summed E-state index contributed by atoms with van der Waals surface area (Å²) in [5.41, 5.74) is 1.03. The largest absolute Gasteiger partial charge is 0.396 e. The summed E-state index contributed by atoms with van der Waals surface area (Å²) < 4.78 is 1.00. The van der Waals surface area contributed by atoms with Crippen LogP contribution in [0.25, 0.3) is 0 Å². The van der Waals surface area contributed by atoms with Gasteiger partial charge < -0.3 is 15.5 Å². The molecule has 0 heterocycles. The van der Waals surface area contributed by atoms with E-state index < -0.39 is 5.60 Å². The van der Waals surface area contributed by atoms with E-state index in [0.29, 0.717) is 6.54 Å². The van der Waals surface area contributed by atoms with Crippen LogP contribution >= 0.6 is 15.9 Å². The zero-order valence-corrected chi connectivity index (χ0v) is 15.7. The van der Waals surface area contributed by atoms with Gasteiger partial charge in [-0.1, -0.05) is 58.4 Å². The Balaban J connectivity index is 2.19. The minimum absolute atomic E-state index is 0.0611. The third kappa shape index (κ3) is 5.15. The van der Waals surface area contributed by atoms with Gasteiger partial charge in [-0.05, 0) is 49.6 Å². The lowest BCUT2D eigenvalue weighted by Crippen LogP contribution is -2.37. The zero-order valence-electron chi connectivity index (χ0n) is 14.1. The Bertz CT molecular complexity index is 599. The molecule has 0 aliphatic rings. The van der Waals surface area contributed by atoms with Gasteiger partial charge in [0.05, 0.1) is 5.60 Å². The van der Waals surface area contributed by atoms with Gasteiger partial charge in [-0.25, -0.2) is 0 Å². The Morgan fingerprint density at radius 2 is 1.71 bits per heavy atom. The van der Waals surface area contributed by atoms with Gasteiger partial charge in [0.25, 0.3) is 0 Å². The molecule has 0 radical (unpaired) electrons. The number of aliphatic hydroxyl groups is 2. The molecule has 2 atom stereocenters. The van der Waals surface area contributed by atoms with Crippen LogP contribution in [0.4, 0.5) is 0 Å². The number of hydrogen-bond donors (Lipinski definition) is 3. The van der Waals surface area contributed by atoms with Crippen molar-refractivity contribution in [2.75, 3.05) is 19.7 Å². The summed E-state index contributed by atoms with van der Waals surface area (Å²) in [6.45, 7) is 3.61. The molecule has 0 saturated carbocycles. The molecule has 4 heteroatoms. The van der Waals surface area contributed by atoms with Gasteiger partial charge in [-0.15, -0.1) is 0 Å². The fraction of sp³-hybridized carbons (Fsp3) is 0.400. The average molecular weight is 392 g/mol. The Morgan fingerprint density at radius 1 is 1.04 bits per heavy atom. The highest BCUT2D eigenvalue weighted by Crippen LogP contribution is 2.36. The summed E-state index contributed by atoms with van der Waals surface area (Å²) in [7, 11) is 0. The highest BCUT2D eigenvalue weighted by molar-refractivity contribution is 9.10. The first-order valence-electron chi connectivity index (χ1n) is 8.40. The number of rotatable bonds is 9. The third-order valence-corrected chi connectivity index (χ3v) is 4.95. The summed E-state index contributed by atoms with van der Waals surface area (Å²) in [4.78, 5) is 0. The van der Waals surface area contributed by atoms with Crippen molar-refractivity contribution in [2.45, 2.75) is 31.3 Å². The van der Waals surface area contributed by atoms with Crippen LogP contribution in [0.15, 0.2) is 59.1 Å². The zero-order chi connectivity index (χ0) is 17.4. The molecular weight excluding hydrogens is 366 g/mol. The molecule has 0 aliphatic heterocycles. The number of aliphatic hydroxyl groups excluding tert-OH is 1. The van der Waals surface area contributed by atoms with Crippen LogP contribution in [0.3, 0.4) is 0 Å². The topological polar surface area (TPSA) is 52.5 Å². The van der Waals surface area contributed by atoms with E-state index in [1.807, 2.05) is 49.4 Å². The molecule has 0 saturated heterocycles. The van der Waals surface area contributed by atoms with Gasteiger partial charge in [0.15, 0.2) is 0 Å². The van der Waals surface area contributed by atoms with Crippen molar-refractivity contribution in [2.24, 2.45) is 0 Å². The van der Waals surface area contributed by atoms with E-state index in [-0.39, 0.29) is 12.5 Å². The molecular formula is C20H26BrNO2. The molecule has 3 N–H and O–H groups in total. The Labute approximate surface area is 152 Å². The molecule has 0 unspecified atom stereocenters. The minimum Gasteiger partial charge on any atom is -0.396 e. The van der Waals surface area contributed by atoms with Crippen molar-refractivity contribution in [3.63, 3.8) is 0 Å². The molecule has 2 rings (SSSR count). The molecule has 0 spiro atoms. The van der Waals surface area contributed by atoms with Crippen molar-refractivity contribution in [1.29, 1.82) is 0 Å². The van der Waals surface area contributed by atoms with Gasteiger partial charge in [0, 0.05) is 23.5 Å². The maximum atomic E-state index is 11.3. The minimum atomic E-state index is -0.980. The fourth-order valence-electron chi connectivity index (χ4n) is 2.92. The monoisotopic (exact) mass is 391 g/mol. The van der Waals surface area contributed by atoms with E-state index in [2.05, 4.69) is 33.4 Å².